The molecule has 3 aromatic rings. The van der Waals surface area contributed by atoms with Gasteiger partial charge in [0.1, 0.15) is 19.0 Å². The number of pyridine rings is 2. The lowest BCUT2D eigenvalue weighted by Gasteiger charge is -2.35. The molecule has 0 radical (unpaired) electrons. The largest absolute Gasteiger partial charge is 0.509 e. The van der Waals surface area contributed by atoms with Gasteiger partial charge in [0.25, 0.3) is 5.56 Å². The fourth-order valence-corrected chi connectivity index (χ4v) is 7.08. The van der Waals surface area contributed by atoms with E-state index in [1.54, 1.807) is 17.6 Å². The van der Waals surface area contributed by atoms with Crippen LogP contribution in [0.5, 0.6) is 0 Å². The summed E-state index contributed by atoms with van der Waals surface area (Å²) in [6.07, 6.45) is 2.63. The number of carbonyl (C=O) groups excluding carboxylic acids is 2. The summed E-state index contributed by atoms with van der Waals surface area (Å²) in [5.41, 5.74) is 7.50. The first-order chi connectivity index (χ1) is 21.6. The van der Waals surface area contributed by atoms with Crippen molar-refractivity contribution in [1.82, 2.24) is 9.55 Å². The number of fused-ring (bicyclic) bond motifs is 5. The predicted octanol–water partition coefficient (Wildman–Crippen LogP) is 3.65. The fraction of sp³-hybridized carbons (Fsp3) is 0.452. The van der Waals surface area contributed by atoms with Gasteiger partial charge in [-0.05, 0) is 31.0 Å². The number of cyclic esters (lactones) is 1. The normalized spacial score (nSPS) is 17.9. The quantitative estimate of drug-likeness (QED) is 0.181. The van der Waals surface area contributed by atoms with Crippen LogP contribution in [0.2, 0.25) is 0 Å². The number of aromatic nitrogens is 2. The molecule has 238 valence electrons. The van der Waals surface area contributed by atoms with Gasteiger partial charge >= 0.3 is 12.1 Å². The Bertz CT molecular complexity index is 1920. The molecule has 0 saturated carbocycles. The van der Waals surface area contributed by atoms with Crippen molar-refractivity contribution < 1.29 is 32.2 Å². The van der Waals surface area contributed by atoms with Crippen LogP contribution >= 0.6 is 0 Å². The van der Waals surface area contributed by atoms with Crippen molar-refractivity contribution in [1.29, 1.82) is 0 Å². The number of benzene rings is 1. The molecule has 1 aromatic carbocycles. The molecular weight excluding hydrogens is 602 g/mol. The van der Waals surface area contributed by atoms with Gasteiger partial charge in [0, 0.05) is 29.5 Å². The Morgan fingerprint density at radius 2 is 2.00 bits per heavy atom. The van der Waals surface area contributed by atoms with Crippen molar-refractivity contribution >= 4 is 50.1 Å². The molecule has 45 heavy (non-hydrogen) atoms. The lowest BCUT2D eigenvalue weighted by Crippen LogP contribution is -2.47. The van der Waals surface area contributed by atoms with Crippen LogP contribution < -0.4 is 16.6 Å². The molecule has 3 aliphatic rings. The maximum atomic E-state index is 14.0. The van der Waals surface area contributed by atoms with Crippen molar-refractivity contribution in [3.8, 4) is 11.4 Å². The van der Waals surface area contributed by atoms with Gasteiger partial charge in [-0.25, -0.2) is 28.0 Å². The Hall–Kier alpha value is -4.30. The van der Waals surface area contributed by atoms with E-state index in [0.717, 1.165) is 53.8 Å². The van der Waals surface area contributed by atoms with Gasteiger partial charge in [0.05, 0.1) is 51.9 Å². The molecule has 14 heteroatoms. The van der Waals surface area contributed by atoms with Gasteiger partial charge in [0.15, 0.2) is 9.84 Å². The summed E-state index contributed by atoms with van der Waals surface area (Å²) in [7, 11) is -3.52. The molecule has 6 rings (SSSR count). The van der Waals surface area contributed by atoms with Crippen LogP contribution in [0.1, 0.15) is 62.6 Å². The second-order valence-electron chi connectivity index (χ2n) is 11.3. The molecule has 0 spiro atoms. The third-order valence-corrected chi connectivity index (χ3v) is 10.1. The minimum atomic E-state index is -3.52. The molecule has 2 aromatic heterocycles. The first kappa shape index (κ1) is 30.7. The third kappa shape index (κ3) is 5.35. The number of nitrogens with zero attached hydrogens (tertiary/aromatic N) is 3. The molecule has 0 amide bonds. The minimum absolute atomic E-state index is 0.0615. The van der Waals surface area contributed by atoms with Gasteiger partial charge in [-0.2, -0.15) is 0 Å². The Morgan fingerprint density at radius 3 is 2.76 bits per heavy atom. The average molecular weight is 638 g/mol. The summed E-state index contributed by atoms with van der Waals surface area (Å²) in [5, 5.41) is 4.32. The number of unbranched alkanes of at least 4 members (excludes halogenated alkanes) is 2. The smallest absolute Gasteiger partial charge is 0.457 e. The fourth-order valence-electron chi connectivity index (χ4n) is 6.18. The van der Waals surface area contributed by atoms with Crippen molar-refractivity contribution in [2.24, 2.45) is 10.7 Å². The second-order valence-corrected chi connectivity index (χ2v) is 13.6. The number of nitrogens with one attached hydrogen (secondary N) is 1. The lowest BCUT2D eigenvalue weighted by atomic mass is 9.85. The van der Waals surface area contributed by atoms with E-state index in [4.69, 9.17) is 29.9 Å². The summed E-state index contributed by atoms with van der Waals surface area (Å²) in [5.74, 6) is -0.709. The summed E-state index contributed by atoms with van der Waals surface area (Å²) >= 11 is 0. The highest BCUT2D eigenvalue weighted by Crippen LogP contribution is 2.46. The number of amidine groups is 1. The maximum Gasteiger partial charge on any atom is 0.509 e. The van der Waals surface area contributed by atoms with Crippen LogP contribution in [0.3, 0.4) is 0 Å². The van der Waals surface area contributed by atoms with Crippen LogP contribution in [0.4, 0.5) is 16.2 Å². The summed E-state index contributed by atoms with van der Waals surface area (Å²) in [6.45, 7) is 3.15. The Balaban J connectivity index is 1.40. The first-order valence-electron chi connectivity index (χ1n) is 15.1. The molecule has 13 nitrogen and oxygen atoms in total. The number of sulfone groups is 1. The molecule has 5 heterocycles. The summed E-state index contributed by atoms with van der Waals surface area (Å²) in [4.78, 5) is 50.0. The molecule has 3 N–H and O–H groups in total. The zero-order valence-corrected chi connectivity index (χ0v) is 26.0. The number of carbonyl (C=O) groups is 2. The lowest BCUT2D eigenvalue weighted by molar-refractivity contribution is -0.175. The van der Waals surface area contributed by atoms with E-state index in [9.17, 15) is 22.8 Å². The van der Waals surface area contributed by atoms with E-state index in [2.05, 4.69) is 12.2 Å². The van der Waals surface area contributed by atoms with E-state index < -0.39 is 45.5 Å². The maximum absolute atomic E-state index is 14.0. The Morgan fingerprint density at radius 1 is 1.18 bits per heavy atom. The van der Waals surface area contributed by atoms with Crippen molar-refractivity contribution in [3.05, 3.63) is 51.3 Å². The molecule has 1 atom stereocenters. The Labute approximate surface area is 259 Å². The van der Waals surface area contributed by atoms with Crippen LogP contribution in [0, 0.1) is 0 Å². The zero-order chi connectivity index (χ0) is 31.9. The standard InChI is InChI=1S/C31H35N5O8S/c1-3-5-6-10-24-33-21-8-7-9-22-25(21)27(35-24)18-16-36-23(26(18)34-22)15-20-19(28(36)37)17-43-29(38)31(20,4-2)44-30(39)42-12-14-45(40,41)13-11-32/h7-9,15H,3-6,10-14,16-17,32H2,1-2H3,(H,33,35)/t31-/m0/s1. The zero-order valence-electron chi connectivity index (χ0n) is 25.2. The third-order valence-electron chi connectivity index (χ3n) is 8.50. The minimum Gasteiger partial charge on any atom is -0.457 e. The van der Waals surface area contributed by atoms with Crippen LogP contribution in [0.15, 0.2) is 34.1 Å². The van der Waals surface area contributed by atoms with Gasteiger partial charge in [0.2, 0.25) is 5.60 Å². The number of aliphatic imine (C=N–C) groups is 1. The van der Waals surface area contributed by atoms with E-state index >= 15 is 0 Å². The molecular formula is C31H35N5O8S. The van der Waals surface area contributed by atoms with Crippen LogP contribution in [-0.4, -0.2) is 60.6 Å². The number of ether oxygens (including phenoxy) is 3. The highest BCUT2D eigenvalue weighted by Gasteiger charge is 2.51. The SMILES string of the molecule is CCCCCC1=Nc2c3c(nc4cccc(c24)N1)-c1cc2c(c(=O)n1C3)COC(=O)[C@@]2(CC)OC(=O)OCCS(=O)(=O)CCN. The van der Waals surface area contributed by atoms with E-state index in [0.29, 0.717) is 16.9 Å². The number of nitrogens with two attached hydrogens (primary N) is 1. The molecule has 0 unspecified atom stereocenters. The molecule has 0 aliphatic carbocycles. The van der Waals surface area contributed by atoms with Gasteiger partial charge in [-0.1, -0.05) is 32.8 Å². The van der Waals surface area contributed by atoms with Crippen LogP contribution in [-0.2, 0) is 47.6 Å². The van der Waals surface area contributed by atoms with E-state index in [1.807, 2.05) is 18.2 Å². The van der Waals surface area contributed by atoms with Gasteiger partial charge < -0.3 is 29.8 Å². The highest BCUT2D eigenvalue weighted by molar-refractivity contribution is 7.91. The van der Waals surface area contributed by atoms with Crippen molar-refractivity contribution in [2.45, 2.75) is 64.7 Å². The van der Waals surface area contributed by atoms with Crippen molar-refractivity contribution in [2.75, 3.05) is 30.0 Å². The number of rotatable bonds is 11. The first-order valence-corrected chi connectivity index (χ1v) is 17.0. The predicted molar refractivity (Wildman–Crippen MR) is 167 cm³/mol. The number of hydrogen-bond acceptors (Lipinski definition) is 12. The number of anilines is 1. The van der Waals surface area contributed by atoms with E-state index in [1.165, 1.54) is 0 Å². The molecule has 0 bridgehead atoms. The summed E-state index contributed by atoms with van der Waals surface area (Å²) < 4.78 is 41.5. The Kier molecular flexibility index (Phi) is 8.12. The molecule has 0 saturated heterocycles. The van der Waals surface area contributed by atoms with Gasteiger partial charge in [-0.15, -0.1) is 0 Å². The average Bonchev–Trinajstić information content (AvgIpc) is 3.38. The monoisotopic (exact) mass is 637 g/mol. The highest BCUT2D eigenvalue weighted by atomic mass is 32.2. The summed E-state index contributed by atoms with van der Waals surface area (Å²) in [6, 6.07) is 7.45. The molecule has 0 fully saturated rings. The van der Waals surface area contributed by atoms with E-state index in [-0.39, 0.29) is 43.0 Å². The van der Waals surface area contributed by atoms with Crippen molar-refractivity contribution in [3.63, 3.8) is 0 Å². The van der Waals surface area contributed by atoms with Gasteiger partial charge in [-0.3, -0.25) is 4.79 Å². The molecule has 3 aliphatic heterocycles. The van der Waals surface area contributed by atoms with Crippen LogP contribution in [0.25, 0.3) is 22.3 Å². The topological polar surface area (TPSA) is 181 Å². The number of esters is 1. The second kappa shape index (κ2) is 11.9. The number of hydrogen-bond donors (Lipinski definition) is 2.